The highest BCUT2D eigenvalue weighted by Gasteiger charge is 2.21. The van der Waals surface area contributed by atoms with E-state index in [1.807, 2.05) is 0 Å². The van der Waals surface area contributed by atoms with Crippen LogP contribution in [0.5, 0.6) is 0 Å². The Morgan fingerprint density at radius 2 is 1.80 bits per heavy atom. The van der Waals surface area contributed by atoms with Gasteiger partial charge in [-0.25, -0.2) is 0 Å². The van der Waals surface area contributed by atoms with E-state index >= 15 is 0 Å². The summed E-state index contributed by atoms with van der Waals surface area (Å²) in [6.07, 6.45) is 8.43. The molecule has 0 saturated carbocycles. The van der Waals surface area contributed by atoms with Gasteiger partial charge in [-0.1, -0.05) is 47.0 Å². The maximum Gasteiger partial charge on any atom is 0.0672 e. The molecule has 3 heteroatoms. The molecule has 0 aromatic carbocycles. The van der Waals surface area contributed by atoms with E-state index in [4.69, 9.17) is 5.10 Å². The second kappa shape index (κ2) is 9.17. The van der Waals surface area contributed by atoms with Crippen LogP contribution >= 0.6 is 0 Å². The van der Waals surface area contributed by atoms with Gasteiger partial charge in [0.1, 0.15) is 0 Å². The minimum absolute atomic E-state index is 0.448. The van der Waals surface area contributed by atoms with Gasteiger partial charge in [-0.15, -0.1) is 0 Å². The fourth-order valence-corrected chi connectivity index (χ4v) is 3.03. The first-order valence-electron chi connectivity index (χ1n) is 8.48. The molecule has 0 radical (unpaired) electrons. The number of aromatic nitrogens is 2. The topological polar surface area (TPSA) is 29.9 Å². The molecular formula is C17H33N3. The molecule has 0 fully saturated rings. The third kappa shape index (κ3) is 4.08. The molecule has 0 spiro atoms. The zero-order valence-corrected chi connectivity index (χ0v) is 14.1. The van der Waals surface area contributed by atoms with Crippen molar-refractivity contribution in [2.75, 3.05) is 7.05 Å². The molecule has 3 nitrogen and oxygen atoms in total. The largest absolute Gasteiger partial charge is 0.313 e. The molecule has 0 aliphatic rings. The normalized spacial score (nSPS) is 12.8. The molecule has 0 amide bonds. The zero-order chi connectivity index (χ0) is 15.0. The fourth-order valence-electron chi connectivity index (χ4n) is 3.03. The first kappa shape index (κ1) is 17.2. The van der Waals surface area contributed by atoms with Gasteiger partial charge in [-0.05, 0) is 32.7 Å². The van der Waals surface area contributed by atoms with Crippen LogP contribution in [0, 0.1) is 0 Å². The Bertz CT molecular complexity index is 378. The molecule has 0 aliphatic carbocycles. The first-order valence-corrected chi connectivity index (χ1v) is 8.48. The molecule has 116 valence electrons. The van der Waals surface area contributed by atoms with Gasteiger partial charge in [0, 0.05) is 23.8 Å². The Balaban J connectivity index is 2.95. The highest BCUT2D eigenvalue weighted by atomic mass is 15.3. The van der Waals surface area contributed by atoms with Crippen molar-refractivity contribution in [2.24, 2.45) is 0 Å². The summed E-state index contributed by atoms with van der Waals surface area (Å²) >= 11 is 0. The van der Waals surface area contributed by atoms with E-state index in [1.165, 1.54) is 42.6 Å². The second-order valence-electron chi connectivity index (χ2n) is 5.55. The van der Waals surface area contributed by atoms with Crippen LogP contribution in [0.25, 0.3) is 0 Å². The average molecular weight is 279 g/mol. The number of nitrogens with one attached hydrogen (secondary N) is 1. The summed E-state index contributed by atoms with van der Waals surface area (Å²) in [5, 5.41) is 8.34. The van der Waals surface area contributed by atoms with Crippen molar-refractivity contribution >= 4 is 0 Å². The number of rotatable bonds is 10. The van der Waals surface area contributed by atoms with Crippen LogP contribution in [0.3, 0.4) is 0 Å². The lowest BCUT2D eigenvalue weighted by Crippen LogP contribution is -2.18. The van der Waals surface area contributed by atoms with Crippen LogP contribution in [-0.4, -0.2) is 16.8 Å². The summed E-state index contributed by atoms with van der Waals surface area (Å²) in [6, 6.07) is 0.448. The van der Waals surface area contributed by atoms with E-state index in [1.54, 1.807) is 0 Å². The molecular weight excluding hydrogens is 246 g/mol. The van der Waals surface area contributed by atoms with E-state index in [9.17, 15) is 0 Å². The summed E-state index contributed by atoms with van der Waals surface area (Å²) in [5.41, 5.74) is 4.20. The Kier molecular flexibility index (Phi) is 7.90. The van der Waals surface area contributed by atoms with E-state index in [2.05, 4.69) is 44.7 Å². The summed E-state index contributed by atoms with van der Waals surface area (Å²) in [6.45, 7) is 10.1. The minimum atomic E-state index is 0.448. The number of unbranched alkanes of at least 4 members (excludes halogenated alkanes) is 3. The third-order valence-electron chi connectivity index (χ3n) is 4.17. The number of aryl methyl sites for hydroxylation is 2. The molecule has 1 rings (SSSR count). The predicted octanol–water partition coefficient (Wildman–Crippen LogP) is 4.26. The van der Waals surface area contributed by atoms with Crippen molar-refractivity contribution in [1.29, 1.82) is 0 Å². The Hall–Kier alpha value is -0.830. The van der Waals surface area contributed by atoms with Crippen LogP contribution in [0.4, 0.5) is 0 Å². The minimum Gasteiger partial charge on any atom is -0.313 e. The quantitative estimate of drug-likeness (QED) is 0.649. The number of hydrogen-bond donors (Lipinski definition) is 1. The summed E-state index contributed by atoms with van der Waals surface area (Å²) < 4.78 is 2.28. The highest BCUT2D eigenvalue weighted by Crippen LogP contribution is 2.26. The second-order valence-corrected chi connectivity index (χ2v) is 5.55. The van der Waals surface area contributed by atoms with Crippen molar-refractivity contribution in [3.05, 3.63) is 17.0 Å². The van der Waals surface area contributed by atoms with Gasteiger partial charge >= 0.3 is 0 Å². The van der Waals surface area contributed by atoms with Crippen LogP contribution in [0.1, 0.15) is 82.8 Å². The molecule has 20 heavy (non-hydrogen) atoms. The van der Waals surface area contributed by atoms with E-state index in [0.29, 0.717) is 6.04 Å². The predicted molar refractivity (Wildman–Crippen MR) is 87.2 cm³/mol. The molecule has 1 unspecified atom stereocenters. The van der Waals surface area contributed by atoms with Crippen LogP contribution in [-0.2, 0) is 19.4 Å². The maximum absolute atomic E-state index is 4.89. The number of hydrogen-bond acceptors (Lipinski definition) is 2. The van der Waals surface area contributed by atoms with Crippen molar-refractivity contribution in [2.45, 2.75) is 85.2 Å². The van der Waals surface area contributed by atoms with Crippen molar-refractivity contribution in [1.82, 2.24) is 15.1 Å². The lowest BCUT2D eigenvalue weighted by Gasteiger charge is -2.16. The third-order valence-corrected chi connectivity index (χ3v) is 4.17. The Morgan fingerprint density at radius 1 is 1.05 bits per heavy atom. The molecule has 0 saturated heterocycles. The monoisotopic (exact) mass is 279 g/mol. The van der Waals surface area contributed by atoms with Gasteiger partial charge in [0.15, 0.2) is 0 Å². The summed E-state index contributed by atoms with van der Waals surface area (Å²) in [5.74, 6) is 0. The summed E-state index contributed by atoms with van der Waals surface area (Å²) in [4.78, 5) is 0. The van der Waals surface area contributed by atoms with Gasteiger partial charge in [-0.2, -0.15) is 5.10 Å². The SMILES string of the molecule is CCCCCCn1nc(CC)c(C(CC)NC)c1CC. The van der Waals surface area contributed by atoms with Crippen LogP contribution in [0.2, 0.25) is 0 Å². The smallest absolute Gasteiger partial charge is 0.0672 e. The molecule has 1 N–H and O–H groups in total. The van der Waals surface area contributed by atoms with Gasteiger partial charge < -0.3 is 5.32 Å². The van der Waals surface area contributed by atoms with E-state index < -0.39 is 0 Å². The molecule has 0 bridgehead atoms. The van der Waals surface area contributed by atoms with E-state index in [0.717, 1.165) is 25.8 Å². The fraction of sp³-hybridized carbons (Fsp3) is 0.824. The maximum atomic E-state index is 4.89. The van der Waals surface area contributed by atoms with Crippen molar-refractivity contribution < 1.29 is 0 Å². The molecule has 0 aliphatic heterocycles. The summed E-state index contributed by atoms with van der Waals surface area (Å²) in [7, 11) is 2.06. The molecule has 1 atom stereocenters. The zero-order valence-electron chi connectivity index (χ0n) is 14.1. The lowest BCUT2D eigenvalue weighted by atomic mass is 9.99. The molecule has 1 aromatic heterocycles. The molecule has 1 aromatic rings. The Labute approximate surface area is 125 Å². The van der Waals surface area contributed by atoms with Crippen LogP contribution < -0.4 is 5.32 Å². The molecule has 1 heterocycles. The van der Waals surface area contributed by atoms with E-state index in [-0.39, 0.29) is 0 Å². The Morgan fingerprint density at radius 3 is 2.30 bits per heavy atom. The first-order chi connectivity index (χ1) is 9.73. The van der Waals surface area contributed by atoms with Gasteiger partial charge in [0.05, 0.1) is 5.69 Å². The lowest BCUT2D eigenvalue weighted by molar-refractivity contribution is 0.517. The number of nitrogens with zero attached hydrogens (tertiary/aromatic N) is 2. The van der Waals surface area contributed by atoms with Crippen molar-refractivity contribution in [3.63, 3.8) is 0 Å². The highest BCUT2D eigenvalue weighted by molar-refractivity contribution is 5.30. The van der Waals surface area contributed by atoms with Crippen LogP contribution in [0.15, 0.2) is 0 Å². The average Bonchev–Trinajstić information content (AvgIpc) is 2.83. The standard InChI is InChI=1S/C17H33N3/c1-6-10-11-12-13-20-16(9-4)17(14(7-2)18-5)15(8-3)19-20/h14,18H,6-13H2,1-5H3. The van der Waals surface area contributed by atoms with Gasteiger partial charge in [0.25, 0.3) is 0 Å². The van der Waals surface area contributed by atoms with Gasteiger partial charge in [-0.3, -0.25) is 4.68 Å². The van der Waals surface area contributed by atoms with Gasteiger partial charge in [0.2, 0.25) is 0 Å². The van der Waals surface area contributed by atoms with Crippen molar-refractivity contribution in [3.8, 4) is 0 Å².